The molecule has 0 radical (unpaired) electrons. The van der Waals surface area contributed by atoms with E-state index in [0.29, 0.717) is 17.2 Å². The molecule has 0 spiro atoms. The summed E-state index contributed by atoms with van der Waals surface area (Å²) < 4.78 is 11.2. The molecule has 0 aromatic heterocycles. The minimum atomic E-state index is -0.00926. The fourth-order valence-corrected chi connectivity index (χ4v) is 2.86. The lowest BCUT2D eigenvalue weighted by Gasteiger charge is -2.15. The van der Waals surface area contributed by atoms with Gasteiger partial charge in [0, 0.05) is 28.6 Å². The molecule has 2 unspecified atom stereocenters. The number of nitrogens with one attached hydrogen (secondary N) is 1. The van der Waals surface area contributed by atoms with Gasteiger partial charge in [0.2, 0.25) is 5.91 Å². The van der Waals surface area contributed by atoms with Crippen LogP contribution in [0.4, 0.5) is 5.69 Å². The summed E-state index contributed by atoms with van der Waals surface area (Å²) in [5.41, 5.74) is 6.52. The van der Waals surface area contributed by atoms with Crippen molar-refractivity contribution >= 4 is 39.9 Å². The molecule has 21 heavy (non-hydrogen) atoms. The van der Waals surface area contributed by atoms with Crippen molar-refractivity contribution in [2.45, 2.75) is 25.3 Å². The van der Waals surface area contributed by atoms with Crippen LogP contribution in [-0.4, -0.2) is 26.2 Å². The number of hydrogen-bond acceptors (Lipinski definition) is 4. The fourth-order valence-electron chi connectivity index (χ4n) is 2.44. The van der Waals surface area contributed by atoms with E-state index >= 15 is 0 Å². The zero-order valence-electron chi connectivity index (χ0n) is 12.0. The third kappa shape index (κ3) is 4.25. The zero-order valence-corrected chi connectivity index (χ0v) is 14.4. The SMILES string of the molecule is COc1cc(Br)c(NC(=O)C2CCC(N)C2)cc1OC.Cl. The molecule has 3 N–H and O–H groups in total. The molecule has 1 aromatic rings. The van der Waals surface area contributed by atoms with E-state index in [1.807, 2.05) is 0 Å². The third-order valence-corrected chi connectivity index (χ3v) is 4.23. The molecule has 2 atom stereocenters. The molecule has 5 nitrogen and oxygen atoms in total. The number of ether oxygens (including phenoxy) is 2. The Morgan fingerprint density at radius 3 is 2.43 bits per heavy atom. The van der Waals surface area contributed by atoms with Crippen molar-refractivity contribution in [1.29, 1.82) is 0 Å². The lowest BCUT2D eigenvalue weighted by molar-refractivity contribution is -0.119. The van der Waals surface area contributed by atoms with Crippen LogP contribution < -0.4 is 20.5 Å². The highest BCUT2D eigenvalue weighted by atomic mass is 79.9. The van der Waals surface area contributed by atoms with Crippen molar-refractivity contribution in [1.82, 2.24) is 0 Å². The number of benzene rings is 1. The van der Waals surface area contributed by atoms with Crippen molar-refractivity contribution in [2.75, 3.05) is 19.5 Å². The van der Waals surface area contributed by atoms with Crippen LogP contribution in [0.15, 0.2) is 16.6 Å². The minimum absolute atomic E-state index is 0. The average molecular weight is 380 g/mol. The molecule has 0 aliphatic heterocycles. The van der Waals surface area contributed by atoms with E-state index in [2.05, 4.69) is 21.2 Å². The van der Waals surface area contributed by atoms with E-state index in [4.69, 9.17) is 15.2 Å². The van der Waals surface area contributed by atoms with Gasteiger partial charge >= 0.3 is 0 Å². The predicted octanol–water partition coefficient (Wildman–Crippen LogP) is 2.95. The molecule has 1 aliphatic rings. The molecule has 7 heteroatoms. The minimum Gasteiger partial charge on any atom is -0.493 e. The highest BCUT2D eigenvalue weighted by Crippen LogP contribution is 2.37. The van der Waals surface area contributed by atoms with Gasteiger partial charge in [0.25, 0.3) is 0 Å². The van der Waals surface area contributed by atoms with Crippen molar-refractivity contribution in [2.24, 2.45) is 11.7 Å². The Morgan fingerprint density at radius 2 is 1.90 bits per heavy atom. The van der Waals surface area contributed by atoms with Crippen LogP contribution in [0.2, 0.25) is 0 Å². The Labute approximate surface area is 139 Å². The van der Waals surface area contributed by atoms with Gasteiger partial charge in [-0.3, -0.25) is 4.79 Å². The second-order valence-electron chi connectivity index (χ2n) is 4.95. The van der Waals surface area contributed by atoms with Crippen LogP contribution >= 0.6 is 28.3 Å². The Bertz CT molecular complexity index is 513. The zero-order chi connectivity index (χ0) is 14.7. The van der Waals surface area contributed by atoms with Gasteiger partial charge in [-0.1, -0.05) is 0 Å². The van der Waals surface area contributed by atoms with E-state index in [-0.39, 0.29) is 30.3 Å². The van der Waals surface area contributed by atoms with Crippen LogP contribution in [0.1, 0.15) is 19.3 Å². The van der Waals surface area contributed by atoms with Gasteiger partial charge in [-0.25, -0.2) is 0 Å². The monoisotopic (exact) mass is 378 g/mol. The molecule has 2 rings (SSSR count). The molecule has 0 bridgehead atoms. The predicted molar refractivity (Wildman–Crippen MR) is 88.4 cm³/mol. The standard InChI is InChI=1S/C14H19BrN2O3.ClH/c1-19-12-6-10(15)11(7-13(12)20-2)17-14(18)8-3-4-9(16)5-8;/h6-9H,3-5,16H2,1-2H3,(H,17,18);1H. The molecule has 1 aromatic carbocycles. The highest BCUT2D eigenvalue weighted by molar-refractivity contribution is 9.10. The number of nitrogens with two attached hydrogens (primary N) is 1. The molecule has 0 saturated heterocycles. The maximum Gasteiger partial charge on any atom is 0.227 e. The lowest BCUT2D eigenvalue weighted by Crippen LogP contribution is -2.23. The van der Waals surface area contributed by atoms with E-state index in [9.17, 15) is 4.79 Å². The van der Waals surface area contributed by atoms with Gasteiger partial charge in [-0.15, -0.1) is 12.4 Å². The lowest BCUT2D eigenvalue weighted by atomic mass is 10.1. The van der Waals surface area contributed by atoms with Gasteiger partial charge in [-0.05, 0) is 35.2 Å². The van der Waals surface area contributed by atoms with Gasteiger partial charge in [-0.2, -0.15) is 0 Å². The number of halogens is 2. The summed E-state index contributed by atoms with van der Waals surface area (Å²) in [5.74, 6) is 1.19. The normalized spacial score (nSPS) is 20.6. The molecule has 1 aliphatic carbocycles. The molecule has 1 amide bonds. The highest BCUT2D eigenvalue weighted by Gasteiger charge is 2.28. The number of hydrogen-bond donors (Lipinski definition) is 2. The van der Waals surface area contributed by atoms with E-state index in [1.54, 1.807) is 26.4 Å². The number of anilines is 1. The van der Waals surface area contributed by atoms with Crippen LogP contribution in [0.5, 0.6) is 11.5 Å². The Morgan fingerprint density at radius 1 is 1.29 bits per heavy atom. The largest absolute Gasteiger partial charge is 0.493 e. The third-order valence-electron chi connectivity index (χ3n) is 3.58. The summed E-state index contributed by atoms with van der Waals surface area (Å²) in [4.78, 5) is 12.2. The summed E-state index contributed by atoms with van der Waals surface area (Å²) in [6.07, 6.45) is 2.50. The molecule has 1 fully saturated rings. The van der Waals surface area contributed by atoms with Gasteiger partial charge in [0.1, 0.15) is 0 Å². The van der Waals surface area contributed by atoms with E-state index in [1.165, 1.54) is 0 Å². The van der Waals surface area contributed by atoms with Crippen molar-refractivity contribution in [3.63, 3.8) is 0 Å². The Kier molecular flexibility index (Phi) is 6.77. The summed E-state index contributed by atoms with van der Waals surface area (Å²) >= 11 is 3.43. The summed E-state index contributed by atoms with van der Waals surface area (Å²) in [6, 6.07) is 3.66. The van der Waals surface area contributed by atoms with Crippen LogP contribution in [0.3, 0.4) is 0 Å². The number of carbonyl (C=O) groups excluding carboxylic acids is 1. The van der Waals surface area contributed by atoms with E-state index < -0.39 is 0 Å². The van der Waals surface area contributed by atoms with Gasteiger partial charge in [0.15, 0.2) is 11.5 Å². The second kappa shape index (κ2) is 7.87. The van der Waals surface area contributed by atoms with Crippen LogP contribution in [0, 0.1) is 5.92 Å². The average Bonchev–Trinajstić information content (AvgIpc) is 2.87. The molecular weight excluding hydrogens is 360 g/mol. The number of carbonyl (C=O) groups is 1. The van der Waals surface area contributed by atoms with Crippen molar-refractivity contribution < 1.29 is 14.3 Å². The maximum atomic E-state index is 12.2. The first-order valence-electron chi connectivity index (χ1n) is 6.53. The first-order valence-corrected chi connectivity index (χ1v) is 7.32. The summed E-state index contributed by atoms with van der Waals surface area (Å²) in [5, 5.41) is 2.92. The molecule has 0 heterocycles. The maximum absolute atomic E-state index is 12.2. The van der Waals surface area contributed by atoms with Crippen LogP contribution in [-0.2, 0) is 4.79 Å². The summed E-state index contributed by atoms with van der Waals surface area (Å²) in [6.45, 7) is 0. The van der Waals surface area contributed by atoms with Gasteiger partial charge < -0.3 is 20.5 Å². The van der Waals surface area contributed by atoms with Crippen molar-refractivity contribution in [3.8, 4) is 11.5 Å². The van der Waals surface area contributed by atoms with Crippen LogP contribution in [0.25, 0.3) is 0 Å². The number of rotatable bonds is 4. The number of amides is 1. The topological polar surface area (TPSA) is 73.6 Å². The van der Waals surface area contributed by atoms with E-state index in [0.717, 1.165) is 23.7 Å². The molecule has 118 valence electrons. The quantitative estimate of drug-likeness (QED) is 0.843. The van der Waals surface area contributed by atoms with Crippen molar-refractivity contribution in [3.05, 3.63) is 16.6 Å². The first-order chi connectivity index (χ1) is 9.55. The van der Waals surface area contributed by atoms with Gasteiger partial charge in [0.05, 0.1) is 19.9 Å². The Hall–Kier alpha value is -0.980. The summed E-state index contributed by atoms with van der Waals surface area (Å²) in [7, 11) is 3.13. The Balaban J connectivity index is 0.00000220. The molecular formula is C14H20BrClN2O3. The molecule has 1 saturated carbocycles. The smallest absolute Gasteiger partial charge is 0.227 e. The fraction of sp³-hybridized carbons (Fsp3) is 0.500. The number of methoxy groups -OCH3 is 2. The first kappa shape index (κ1) is 18.1. The second-order valence-corrected chi connectivity index (χ2v) is 5.80.